The summed E-state index contributed by atoms with van der Waals surface area (Å²) in [6.45, 7) is 5.80. The number of aromatic amines is 1. The lowest BCUT2D eigenvalue weighted by Gasteiger charge is -2.06. The van der Waals surface area contributed by atoms with Crippen LogP contribution in [-0.2, 0) is 11.3 Å². The highest BCUT2D eigenvalue weighted by Crippen LogP contribution is 2.02. The van der Waals surface area contributed by atoms with E-state index >= 15 is 0 Å². The number of aromatic nitrogens is 1. The van der Waals surface area contributed by atoms with Gasteiger partial charge in [0.15, 0.2) is 0 Å². The topological polar surface area (TPSA) is 62.0 Å². The first-order chi connectivity index (χ1) is 8.54. The van der Waals surface area contributed by atoms with E-state index in [-0.39, 0.29) is 18.0 Å². The predicted molar refractivity (Wildman–Crippen MR) is 72.3 cm³/mol. The Morgan fingerprint density at radius 1 is 1.39 bits per heavy atom. The Labute approximate surface area is 106 Å². The van der Waals surface area contributed by atoms with Crippen LogP contribution >= 0.6 is 0 Å². The molecule has 0 aliphatic carbocycles. The molecule has 0 atom stereocenters. The average molecular weight is 246 g/mol. The van der Waals surface area contributed by atoms with E-state index in [4.69, 9.17) is 0 Å². The molecule has 0 aliphatic heterocycles. The molecule has 1 aromatic rings. The lowest BCUT2D eigenvalue weighted by molar-refractivity contribution is -0.116. The fourth-order valence-electron chi connectivity index (χ4n) is 1.59. The van der Waals surface area contributed by atoms with Gasteiger partial charge in [0.2, 0.25) is 5.91 Å². The number of carbonyl (C=O) groups excluding carboxylic acids is 1. The minimum atomic E-state index is -0.215. The second-order valence-electron chi connectivity index (χ2n) is 4.05. The van der Waals surface area contributed by atoms with E-state index in [1.165, 1.54) is 6.08 Å². The highest BCUT2D eigenvalue weighted by Gasteiger charge is 2.05. The summed E-state index contributed by atoms with van der Waals surface area (Å²) < 4.78 is 0. The van der Waals surface area contributed by atoms with Crippen molar-refractivity contribution in [1.29, 1.82) is 0 Å². The van der Waals surface area contributed by atoms with Crippen LogP contribution in [0.2, 0.25) is 0 Å². The van der Waals surface area contributed by atoms with E-state index in [0.717, 1.165) is 11.3 Å². The number of H-pyrrole nitrogens is 1. The molecule has 0 saturated carbocycles. The second-order valence-corrected chi connectivity index (χ2v) is 4.05. The summed E-state index contributed by atoms with van der Waals surface area (Å²) in [5.41, 5.74) is 2.15. The number of pyridine rings is 1. The highest BCUT2D eigenvalue weighted by molar-refractivity contribution is 5.87. The van der Waals surface area contributed by atoms with E-state index in [1.807, 2.05) is 32.9 Å². The van der Waals surface area contributed by atoms with Gasteiger partial charge < -0.3 is 10.3 Å². The third-order valence-electron chi connectivity index (χ3n) is 2.48. The number of allylic oxidation sites excluding steroid dienone is 3. The summed E-state index contributed by atoms with van der Waals surface area (Å²) in [6.07, 6.45) is 6.68. The Morgan fingerprint density at radius 2 is 2.11 bits per heavy atom. The third-order valence-corrected chi connectivity index (χ3v) is 2.48. The van der Waals surface area contributed by atoms with Crippen LogP contribution < -0.4 is 10.9 Å². The first-order valence-electron chi connectivity index (χ1n) is 5.81. The van der Waals surface area contributed by atoms with Crippen LogP contribution in [-0.4, -0.2) is 10.9 Å². The van der Waals surface area contributed by atoms with E-state index < -0.39 is 0 Å². The van der Waals surface area contributed by atoms with Crippen LogP contribution in [0.4, 0.5) is 0 Å². The van der Waals surface area contributed by atoms with Gasteiger partial charge >= 0.3 is 0 Å². The van der Waals surface area contributed by atoms with E-state index in [9.17, 15) is 9.59 Å². The Morgan fingerprint density at radius 3 is 2.72 bits per heavy atom. The smallest absolute Gasteiger partial charge is 0.253 e. The van der Waals surface area contributed by atoms with Crippen LogP contribution in [0, 0.1) is 13.8 Å². The van der Waals surface area contributed by atoms with E-state index in [0.29, 0.717) is 5.56 Å². The summed E-state index contributed by atoms with van der Waals surface area (Å²) >= 11 is 0. The van der Waals surface area contributed by atoms with Crippen molar-refractivity contribution in [3.8, 4) is 0 Å². The third kappa shape index (κ3) is 4.05. The lowest BCUT2D eigenvalue weighted by atomic mass is 10.1. The largest absolute Gasteiger partial charge is 0.348 e. The number of aryl methyl sites for hydroxylation is 2. The van der Waals surface area contributed by atoms with Gasteiger partial charge in [-0.05, 0) is 32.4 Å². The van der Waals surface area contributed by atoms with Crippen molar-refractivity contribution in [2.45, 2.75) is 27.3 Å². The van der Waals surface area contributed by atoms with Crippen LogP contribution in [0.5, 0.6) is 0 Å². The van der Waals surface area contributed by atoms with Crippen LogP contribution in [0.3, 0.4) is 0 Å². The molecule has 0 radical (unpaired) electrons. The number of rotatable bonds is 4. The summed E-state index contributed by atoms with van der Waals surface area (Å²) in [7, 11) is 0. The van der Waals surface area contributed by atoms with E-state index in [1.54, 1.807) is 12.2 Å². The molecule has 0 fully saturated rings. The Hall–Kier alpha value is -2.10. The van der Waals surface area contributed by atoms with Crippen LogP contribution in [0.1, 0.15) is 23.7 Å². The van der Waals surface area contributed by atoms with Gasteiger partial charge in [-0.15, -0.1) is 0 Å². The molecule has 1 heterocycles. The number of hydrogen-bond acceptors (Lipinski definition) is 2. The molecule has 1 amide bonds. The molecule has 4 nitrogen and oxygen atoms in total. The van der Waals surface area contributed by atoms with Crippen molar-refractivity contribution >= 4 is 5.91 Å². The molecule has 96 valence electrons. The molecular weight excluding hydrogens is 228 g/mol. The summed E-state index contributed by atoms with van der Waals surface area (Å²) in [6, 6.07) is 1.89. The lowest BCUT2D eigenvalue weighted by Crippen LogP contribution is -2.26. The van der Waals surface area contributed by atoms with E-state index in [2.05, 4.69) is 10.3 Å². The maximum Gasteiger partial charge on any atom is 0.253 e. The SMILES string of the molecule is CC=CC=CC(=O)NCc1c(C)cc(C)[nH]c1=O. The van der Waals surface area contributed by atoms with Gasteiger partial charge in [0.25, 0.3) is 5.56 Å². The van der Waals surface area contributed by atoms with Crippen molar-refractivity contribution in [3.05, 3.63) is 57.5 Å². The van der Waals surface area contributed by atoms with Crippen molar-refractivity contribution in [1.82, 2.24) is 10.3 Å². The first-order valence-corrected chi connectivity index (χ1v) is 5.81. The Bertz CT molecular complexity index is 539. The maximum atomic E-state index is 11.7. The fourth-order valence-corrected chi connectivity index (χ4v) is 1.59. The van der Waals surface area contributed by atoms with Gasteiger partial charge in [-0.1, -0.05) is 18.2 Å². The molecule has 1 aromatic heterocycles. The predicted octanol–water partition coefficient (Wildman–Crippen LogP) is 1.74. The molecule has 0 bridgehead atoms. The molecule has 0 spiro atoms. The zero-order valence-corrected chi connectivity index (χ0v) is 10.9. The molecule has 0 saturated heterocycles. The number of nitrogens with one attached hydrogen (secondary N) is 2. The first kappa shape index (κ1) is 14.0. The van der Waals surface area contributed by atoms with Gasteiger partial charge in [-0.3, -0.25) is 9.59 Å². The van der Waals surface area contributed by atoms with Crippen molar-refractivity contribution in [2.24, 2.45) is 0 Å². The van der Waals surface area contributed by atoms with Crippen molar-refractivity contribution in [3.63, 3.8) is 0 Å². The van der Waals surface area contributed by atoms with Gasteiger partial charge in [-0.2, -0.15) is 0 Å². The molecule has 0 aliphatic rings. The minimum absolute atomic E-state index is 0.148. The zero-order valence-electron chi connectivity index (χ0n) is 10.9. The molecule has 18 heavy (non-hydrogen) atoms. The maximum absolute atomic E-state index is 11.7. The number of hydrogen-bond donors (Lipinski definition) is 2. The quantitative estimate of drug-likeness (QED) is 0.628. The summed E-state index contributed by atoms with van der Waals surface area (Å²) in [5.74, 6) is -0.215. The minimum Gasteiger partial charge on any atom is -0.348 e. The zero-order chi connectivity index (χ0) is 13.5. The Balaban J connectivity index is 2.70. The molecule has 2 N–H and O–H groups in total. The van der Waals surface area contributed by atoms with Gasteiger partial charge in [-0.25, -0.2) is 0 Å². The van der Waals surface area contributed by atoms with Gasteiger partial charge in [0, 0.05) is 23.9 Å². The fraction of sp³-hybridized carbons (Fsp3) is 0.286. The van der Waals surface area contributed by atoms with Gasteiger partial charge in [0.1, 0.15) is 0 Å². The highest BCUT2D eigenvalue weighted by atomic mass is 16.1. The standard InChI is InChI=1S/C14H18N2O2/c1-4-5-6-7-13(17)15-9-12-10(2)8-11(3)16-14(12)18/h4-8H,9H2,1-3H3,(H,15,17)(H,16,18). The normalized spacial score (nSPS) is 11.3. The second kappa shape index (κ2) is 6.59. The number of carbonyl (C=O) groups is 1. The van der Waals surface area contributed by atoms with Gasteiger partial charge in [0.05, 0.1) is 0 Å². The van der Waals surface area contributed by atoms with Crippen molar-refractivity contribution < 1.29 is 4.79 Å². The molecular formula is C14H18N2O2. The van der Waals surface area contributed by atoms with Crippen LogP contribution in [0.15, 0.2) is 35.2 Å². The van der Waals surface area contributed by atoms with Crippen molar-refractivity contribution in [2.75, 3.05) is 0 Å². The molecule has 4 heteroatoms. The average Bonchev–Trinajstić information content (AvgIpc) is 2.27. The molecule has 1 rings (SSSR count). The molecule has 0 aromatic carbocycles. The summed E-state index contributed by atoms with van der Waals surface area (Å²) in [5, 5.41) is 2.68. The monoisotopic (exact) mass is 246 g/mol. The summed E-state index contributed by atoms with van der Waals surface area (Å²) in [4.78, 5) is 25.9. The molecule has 0 unspecified atom stereocenters. The Kier molecular flexibility index (Phi) is 5.11. The van der Waals surface area contributed by atoms with Crippen LogP contribution in [0.25, 0.3) is 0 Å². The number of amides is 1.